The fourth-order valence-electron chi connectivity index (χ4n) is 2.73. The van der Waals surface area contributed by atoms with Gasteiger partial charge in [0.05, 0.1) is 19.4 Å². The molecule has 0 bridgehead atoms. The maximum Gasteiger partial charge on any atom is 0.342 e. The molecule has 0 aliphatic carbocycles. The second-order valence-electron chi connectivity index (χ2n) is 7.75. The molecule has 7 nitrogen and oxygen atoms in total. The fourth-order valence-corrected chi connectivity index (χ4v) is 5.81. The summed E-state index contributed by atoms with van der Waals surface area (Å²) < 4.78 is 32.3. The summed E-state index contributed by atoms with van der Waals surface area (Å²) in [7, 11) is -4.82. The van der Waals surface area contributed by atoms with Crippen LogP contribution in [0.3, 0.4) is 0 Å². The number of rotatable bonds is 11. The number of ether oxygens (including phenoxy) is 2. The second-order valence-corrected chi connectivity index (χ2v) is 15.7. The van der Waals surface area contributed by atoms with Crippen molar-refractivity contribution < 1.29 is 23.4 Å². The molecule has 0 aliphatic heterocycles. The van der Waals surface area contributed by atoms with Crippen LogP contribution >= 0.6 is 7.37 Å². The van der Waals surface area contributed by atoms with E-state index in [9.17, 15) is 9.36 Å². The van der Waals surface area contributed by atoms with Crippen LogP contribution in [0.15, 0.2) is 36.5 Å². The highest BCUT2D eigenvalue weighted by molar-refractivity contribution is 7.74. The van der Waals surface area contributed by atoms with E-state index in [1.807, 2.05) is 6.07 Å². The summed E-state index contributed by atoms with van der Waals surface area (Å²) in [4.78, 5) is 12.5. The van der Waals surface area contributed by atoms with Gasteiger partial charge in [-0.3, -0.25) is 4.57 Å². The SMILES string of the molecule is CCOC(=O)c1cnn(COCC[Si](C)(C)C)c1P(=O)(OCC)c1ccccc1. The Bertz CT molecular complexity index is 848. The van der Waals surface area contributed by atoms with E-state index in [0.717, 1.165) is 6.04 Å². The maximum absolute atomic E-state index is 14.1. The molecule has 1 aromatic carbocycles. The van der Waals surface area contributed by atoms with Gasteiger partial charge in [0.15, 0.2) is 0 Å². The van der Waals surface area contributed by atoms with Crippen molar-refractivity contribution in [3.63, 3.8) is 0 Å². The molecule has 1 atom stereocenters. The third-order valence-corrected chi connectivity index (χ3v) is 8.54. The quantitative estimate of drug-likeness (QED) is 0.231. The summed E-state index contributed by atoms with van der Waals surface area (Å²) in [5.74, 6) is -0.577. The summed E-state index contributed by atoms with van der Waals surface area (Å²) >= 11 is 0. The van der Waals surface area contributed by atoms with Crippen molar-refractivity contribution in [2.45, 2.75) is 46.3 Å². The number of carbonyl (C=O) groups excluding carboxylic acids is 1. The molecule has 0 radical (unpaired) electrons. The van der Waals surface area contributed by atoms with Gasteiger partial charge in [0.25, 0.3) is 7.37 Å². The van der Waals surface area contributed by atoms with E-state index in [1.54, 1.807) is 38.1 Å². The van der Waals surface area contributed by atoms with E-state index >= 15 is 0 Å². The van der Waals surface area contributed by atoms with E-state index < -0.39 is 21.4 Å². The van der Waals surface area contributed by atoms with Gasteiger partial charge in [0.1, 0.15) is 17.7 Å². The van der Waals surface area contributed by atoms with Gasteiger partial charge >= 0.3 is 5.97 Å². The normalized spacial score (nSPS) is 13.8. The molecule has 9 heteroatoms. The zero-order chi connectivity index (χ0) is 21.5. The maximum atomic E-state index is 14.1. The molecule has 1 heterocycles. The molecule has 2 rings (SSSR count). The van der Waals surface area contributed by atoms with Crippen LogP contribution < -0.4 is 10.7 Å². The summed E-state index contributed by atoms with van der Waals surface area (Å²) in [6.45, 7) is 11.4. The first-order chi connectivity index (χ1) is 13.7. The molecule has 0 spiro atoms. The molecule has 0 fully saturated rings. The smallest absolute Gasteiger partial charge is 0.342 e. The first-order valence-electron chi connectivity index (χ1n) is 9.84. The Balaban J connectivity index is 2.45. The number of hydrogen-bond donors (Lipinski definition) is 0. The minimum atomic E-state index is -3.58. The molecule has 0 N–H and O–H groups in total. The molecule has 0 amide bonds. The van der Waals surface area contributed by atoms with E-state index in [0.29, 0.717) is 11.9 Å². The van der Waals surface area contributed by atoms with Crippen molar-refractivity contribution in [1.82, 2.24) is 9.78 Å². The lowest BCUT2D eigenvalue weighted by Crippen LogP contribution is -2.31. The van der Waals surface area contributed by atoms with Crippen LogP contribution in [-0.2, 0) is 25.3 Å². The highest BCUT2D eigenvalue weighted by Crippen LogP contribution is 2.45. The Morgan fingerprint density at radius 1 is 1.14 bits per heavy atom. The van der Waals surface area contributed by atoms with Crippen LogP contribution in [0.4, 0.5) is 0 Å². The van der Waals surface area contributed by atoms with Crippen molar-refractivity contribution in [2.75, 3.05) is 19.8 Å². The molecule has 29 heavy (non-hydrogen) atoms. The monoisotopic (exact) mass is 438 g/mol. The zero-order valence-electron chi connectivity index (χ0n) is 17.9. The molecule has 0 aliphatic rings. The van der Waals surface area contributed by atoms with Crippen molar-refractivity contribution in [2.24, 2.45) is 0 Å². The third kappa shape index (κ3) is 6.12. The van der Waals surface area contributed by atoms with Crippen molar-refractivity contribution in [3.05, 3.63) is 42.1 Å². The van der Waals surface area contributed by atoms with Gasteiger partial charge < -0.3 is 14.0 Å². The van der Waals surface area contributed by atoms with E-state index in [1.165, 1.54) is 10.9 Å². The van der Waals surface area contributed by atoms with Crippen molar-refractivity contribution in [1.29, 1.82) is 0 Å². The topological polar surface area (TPSA) is 79.6 Å². The van der Waals surface area contributed by atoms with Crippen LogP contribution in [0.1, 0.15) is 24.2 Å². The van der Waals surface area contributed by atoms with Gasteiger partial charge in [-0.15, -0.1) is 0 Å². The first kappa shape index (κ1) is 23.5. The average Bonchev–Trinajstić information content (AvgIpc) is 3.10. The fraction of sp³-hybridized carbons (Fsp3) is 0.500. The van der Waals surface area contributed by atoms with Gasteiger partial charge in [-0.05, 0) is 32.0 Å². The van der Waals surface area contributed by atoms with Crippen molar-refractivity contribution >= 4 is 32.2 Å². The lowest BCUT2D eigenvalue weighted by Gasteiger charge is -2.21. The molecule has 1 unspecified atom stereocenters. The van der Waals surface area contributed by atoms with Gasteiger partial charge in [-0.1, -0.05) is 37.8 Å². The van der Waals surface area contributed by atoms with Crippen LogP contribution in [-0.4, -0.2) is 43.6 Å². The highest BCUT2D eigenvalue weighted by atomic mass is 31.2. The van der Waals surface area contributed by atoms with Gasteiger partial charge in [0.2, 0.25) is 0 Å². The summed E-state index contributed by atoms with van der Waals surface area (Å²) in [5.41, 5.74) is 0.346. The van der Waals surface area contributed by atoms with E-state index in [4.69, 9.17) is 14.0 Å². The lowest BCUT2D eigenvalue weighted by molar-refractivity contribution is 0.0527. The lowest BCUT2D eigenvalue weighted by atomic mass is 10.4. The predicted molar refractivity (Wildman–Crippen MR) is 117 cm³/mol. The van der Waals surface area contributed by atoms with E-state index in [-0.39, 0.29) is 30.9 Å². The van der Waals surface area contributed by atoms with Crippen LogP contribution in [0.25, 0.3) is 0 Å². The molecule has 160 valence electrons. The molecular formula is C20H31N2O5PSi. The number of benzene rings is 1. The van der Waals surface area contributed by atoms with Crippen LogP contribution in [0, 0.1) is 0 Å². The minimum Gasteiger partial charge on any atom is -0.462 e. The minimum absolute atomic E-state index is 0.0864. The predicted octanol–water partition coefficient (Wildman–Crippen LogP) is 3.64. The number of carbonyl (C=O) groups is 1. The van der Waals surface area contributed by atoms with Crippen molar-refractivity contribution in [3.8, 4) is 0 Å². The molecule has 0 saturated heterocycles. The zero-order valence-corrected chi connectivity index (χ0v) is 19.8. The van der Waals surface area contributed by atoms with E-state index in [2.05, 4.69) is 24.7 Å². The Morgan fingerprint density at radius 2 is 1.83 bits per heavy atom. The van der Waals surface area contributed by atoms with Crippen LogP contribution in [0.2, 0.25) is 25.7 Å². The van der Waals surface area contributed by atoms with Gasteiger partial charge in [0, 0.05) is 20.0 Å². The second kappa shape index (κ2) is 10.3. The van der Waals surface area contributed by atoms with Gasteiger partial charge in [-0.25, -0.2) is 9.48 Å². The first-order valence-corrected chi connectivity index (χ1v) is 15.2. The molecular weight excluding hydrogens is 407 g/mol. The third-order valence-electron chi connectivity index (χ3n) is 4.20. The Kier molecular flexibility index (Phi) is 8.40. The Morgan fingerprint density at radius 3 is 2.41 bits per heavy atom. The van der Waals surface area contributed by atoms with Gasteiger partial charge in [-0.2, -0.15) is 5.10 Å². The number of esters is 1. The summed E-state index contributed by atoms with van der Waals surface area (Å²) in [5, 5.41) is 4.77. The molecule has 2 aromatic rings. The highest BCUT2D eigenvalue weighted by Gasteiger charge is 2.37. The summed E-state index contributed by atoms with van der Waals surface area (Å²) in [6, 6.07) is 9.87. The average molecular weight is 439 g/mol. The molecule has 0 saturated carbocycles. The Hall–Kier alpha value is -1.73. The summed E-state index contributed by atoms with van der Waals surface area (Å²) in [6.07, 6.45) is 1.38. The van der Waals surface area contributed by atoms with Crippen LogP contribution in [0.5, 0.6) is 0 Å². The number of nitrogens with zero attached hydrogens (tertiary/aromatic N) is 2. The Labute approximate surface area is 173 Å². The molecule has 1 aromatic heterocycles. The standard InChI is InChI=1S/C20H31N2O5PSi/c1-6-26-20(23)18-15-21-22(16-25-13-14-29(3,4)5)19(18)28(24,27-7-2)17-11-9-8-10-12-17/h8-12,15H,6-7,13-14,16H2,1-5H3. The number of hydrogen-bond acceptors (Lipinski definition) is 6. The largest absolute Gasteiger partial charge is 0.462 e. The number of aromatic nitrogens is 2.